The fraction of sp³-hybridized carbons (Fsp3) is 0.672. The fourth-order valence-electron chi connectivity index (χ4n) is 7.75. The van der Waals surface area contributed by atoms with Crippen LogP contribution in [0.1, 0.15) is 258 Å². The molecule has 0 bridgehead atoms. The molecule has 398 valence electrons. The topological polar surface area (TPSA) is 78.9 Å². The Bertz CT molecular complexity index is 1440. The van der Waals surface area contributed by atoms with Crippen LogP contribution in [0, 0.1) is 0 Å². The Morgan fingerprint density at radius 3 is 0.900 bits per heavy atom. The molecule has 0 rings (SSSR count). The van der Waals surface area contributed by atoms with Gasteiger partial charge in [-0.15, -0.1) is 0 Å². The number of esters is 3. The van der Waals surface area contributed by atoms with Crippen LogP contribution in [-0.4, -0.2) is 37.2 Å². The highest BCUT2D eigenvalue weighted by Gasteiger charge is 2.19. The van der Waals surface area contributed by atoms with E-state index in [-0.39, 0.29) is 37.5 Å². The van der Waals surface area contributed by atoms with Gasteiger partial charge in [0, 0.05) is 19.3 Å². The minimum absolute atomic E-state index is 0.0946. The van der Waals surface area contributed by atoms with Gasteiger partial charge in [0.15, 0.2) is 6.10 Å². The molecule has 0 fully saturated rings. The zero-order valence-electron chi connectivity index (χ0n) is 45.5. The first-order valence-electron chi connectivity index (χ1n) is 28.9. The van der Waals surface area contributed by atoms with Crippen LogP contribution in [0.2, 0.25) is 0 Å². The average molecular weight is 972 g/mol. The molecule has 0 saturated heterocycles. The lowest BCUT2D eigenvalue weighted by Gasteiger charge is -2.18. The Morgan fingerprint density at radius 1 is 0.300 bits per heavy atom. The van der Waals surface area contributed by atoms with E-state index in [1.165, 1.54) is 103 Å². The predicted octanol–water partition coefficient (Wildman–Crippen LogP) is 19.5. The summed E-state index contributed by atoms with van der Waals surface area (Å²) in [5.74, 6) is -0.941. The van der Waals surface area contributed by atoms with Gasteiger partial charge in [0.1, 0.15) is 13.2 Å². The summed E-state index contributed by atoms with van der Waals surface area (Å²) in [6.07, 6.45) is 78.1. The molecule has 0 aliphatic carbocycles. The second-order valence-electron chi connectivity index (χ2n) is 18.8. The van der Waals surface area contributed by atoms with Crippen molar-refractivity contribution in [2.24, 2.45) is 0 Å². The van der Waals surface area contributed by atoms with E-state index in [2.05, 4.69) is 130 Å². The lowest BCUT2D eigenvalue weighted by molar-refractivity contribution is -0.167. The fourth-order valence-corrected chi connectivity index (χ4v) is 7.75. The molecule has 0 saturated carbocycles. The van der Waals surface area contributed by atoms with Crippen molar-refractivity contribution in [1.82, 2.24) is 0 Å². The summed E-state index contributed by atoms with van der Waals surface area (Å²) >= 11 is 0. The standard InChI is InChI=1S/C64H106O6/c1-4-7-10-13-16-19-22-24-26-27-28-29-30-31-32-33-34-35-36-37-39-40-42-45-48-51-54-57-63(66)69-60-61(59-68-62(65)56-53-50-47-44-21-18-15-12-9-6-3)70-64(67)58-55-52-49-46-43-41-38-25-23-20-17-14-11-8-5-2/h7-8,10-11,16-17,19-20,24-26,28-29,31-32,38,43,46,61H,4-6,9,12-15,18,21-23,27,30,33-37,39-42,44-45,47-60H2,1-3H3/b10-7-,11-8-,19-16-,20-17-,26-24-,29-28-,32-31-,38-25-,46-43-. The molecule has 1 atom stereocenters. The van der Waals surface area contributed by atoms with E-state index in [1.807, 2.05) is 0 Å². The number of rotatable bonds is 51. The second kappa shape index (κ2) is 57.6. The zero-order chi connectivity index (χ0) is 50.7. The van der Waals surface area contributed by atoms with Crippen molar-refractivity contribution >= 4 is 17.9 Å². The molecular weight excluding hydrogens is 865 g/mol. The molecule has 0 aromatic heterocycles. The summed E-state index contributed by atoms with van der Waals surface area (Å²) in [4.78, 5) is 38.0. The Hall–Kier alpha value is -3.93. The Morgan fingerprint density at radius 2 is 0.557 bits per heavy atom. The SMILES string of the molecule is CC/C=C\C/C=C\C/C=C\C/C=C\C/C=C\CCCCCCCCCCCCCC(=O)OCC(COC(=O)CCCCCCCCCCCC)OC(=O)CCCC/C=C\C/C=C\C/C=C\C/C=C\CC. The number of hydrogen-bond donors (Lipinski definition) is 0. The Labute approximate surface area is 431 Å². The van der Waals surface area contributed by atoms with Crippen LogP contribution in [0.25, 0.3) is 0 Å². The summed E-state index contributed by atoms with van der Waals surface area (Å²) in [5, 5.41) is 0. The molecular formula is C64H106O6. The predicted molar refractivity (Wildman–Crippen MR) is 302 cm³/mol. The number of unbranched alkanes of at least 4 members (excludes halogenated alkanes) is 22. The van der Waals surface area contributed by atoms with Gasteiger partial charge in [-0.3, -0.25) is 14.4 Å². The van der Waals surface area contributed by atoms with Crippen molar-refractivity contribution in [3.63, 3.8) is 0 Å². The molecule has 0 aromatic carbocycles. The first-order chi connectivity index (χ1) is 34.5. The van der Waals surface area contributed by atoms with Gasteiger partial charge in [0.25, 0.3) is 0 Å². The van der Waals surface area contributed by atoms with Crippen LogP contribution in [0.5, 0.6) is 0 Å². The lowest BCUT2D eigenvalue weighted by atomic mass is 10.0. The third-order valence-electron chi connectivity index (χ3n) is 12.0. The van der Waals surface area contributed by atoms with E-state index >= 15 is 0 Å². The molecule has 0 spiro atoms. The maximum atomic E-state index is 12.8. The van der Waals surface area contributed by atoms with Crippen LogP contribution in [0.3, 0.4) is 0 Å². The molecule has 0 N–H and O–H groups in total. The van der Waals surface area contributed by atoms with E-state index in [0.717, 1.165) is 109 Å². The van der Waals surface area contributed by atoms with Crippen LogP contribution < -0.4 is 0 Å². The molecule has 6 heteroatoms. The average Bonchev–Trinajstić information content (AvgIpc) is 3.36. The van der Waals surface area contributed by atoms with Crippen molar-refractivity contribution in [2.45, 2.75) is 264 Å². The minimum Gasteiger partial charge on any atom is -0.462 e. The minimum atomic E-state index is -0.800. The van der Waals surface area contributed by atoms with Gasteiger partial charge in [-0.05, 0) is 103 Å². The molecule has 0 aliphatic rings. The molecule has 1 unspecified atom stereocenters. The Kier molecular flexibility index (Phi) is 54.4. The molecule has 0 amide bonds. The second-order valence-corrected chi connectivity index (χ2v) is 18.8. The van der Waals surface area contributed by atoms with Crippen molar-refractivity contribution < 1.29 is 28.6 Å². The number of carbonyl (C=O) groups is 3. The monoisotopic (exact) mass is 971 g/mol. The highest BCUT2D eigenvalue weighted by Crippen LogP contribution is 2.15. The van der Waals surface area contributed by atoms with Gasteiger partial charge in [0.05, 0.1) is 0 Å². The van der Waals surface area contributed by atoms with Gasteiger partial charge < -0.3 is 14.2 Å². The quantitative estimate of drug-likeness (QED) is 0.0262. The van der Waals surface area contributed by atoms with E-state index in [0.29, 0.717) is 19.3 Å². The number of ether oxygens (including phenoxy) is 3. The van der Waals surface area contributed by atoms with E-state index < -0.39 is 6.10 Å². The summed E-state index contributed by atoms with van der Waals surface area (Å²) in [7, 11) is 0. The van der Waals surface area contributed by atoms with Crippen LogP contribution in [0.15, 0.2) is 109 Å². The third kappa shape index (κ3) is 55.0. The van der Waals surface area contributed by atoms with E-state index in [9.17, 15) is 14.4 Å². The van der Waals surface area contributed by atoms with Gasteiger partial charge in [-0.1, -0.05) is 246 Å². The van der Waals surface area contributed by atoms with E-state index in [1.54, 1.807) is 0 Å². The molecule has 0 aliphatic heterocycles. The highest BCUT2D eigenvalue weighted by molar-refractivity contribution is 5.71. The van der Waals surface area contributed by atoms with Gasteiger partial charge in [-0.2, -0.15) is 0 Å². The summed E-state index contributed by atoms with van der Waals surface area (Å²) < 4.78 is 16.8. The van der Waals surface area contributed by atoms with Crippen molar-refractivity contribution in [3.8, 4) is 0 Å². The smallest absolute Gasteiger partial charge is 0.306 e. The van der Waals surface area contributed by atoms with Crippen LogP contribution in [-0.2, 0) is 28.6 Å². The highest BCUT2D eigenvalue weighted by atomic mass is 16.6. The summed E-state index contributed by atoms with van der Waals surface area (Å²) in [6, 6.07) is 0. The van der Waals surface area contributed by atoms with E-state index in [4.69, 9.17) is 14.2 Å². The summed E-state index contributed by atoms with van der Waals surface area (Å²) in [6.45, 7) is 6.36. The van der Waals surface area contributed by atoms with Gasteiger partial charge >= 0.3 is 17.9 Å². The van der Waals surface area contributed by atoms with Gasteiger partial charge in [-0.25, -0.2) is 0 Å². The van der Waals surface area contributed by atoms with Crippen LogP contribution in [0.4, 0.5) is 0 Å². The van der Waals surface area contributed by atoms with Crippen molar-refractivity contribution in [2.75, 3.05) is 13.2 Å². The molecule has 0 aromatic rings. The Balaban J connectivity index is 4.28. The third-order valence-corrected chi connectivity index (χ3v) is 12.0. The van der Waals surface area contributed by atoms with Gasteiger partial charge in [0.2, 0.25) is 0 Å². The molecule has 0 radical (unpaired) electrons. The first kappa shape index (κ1) is 66.1. The first-order valence-corrected chi connectivity index (χ1v) is 28.9. The van der Waals surface area contributed by atoms with Crippen molar-refractivity contribution in [3.05, 3.63) is 109 Å². The van der Waals surface area contributed by atoms with Crippen molar-refractivity contribution in [1.29, 1.82) is 0 Å². The number of hydrogen-bond acceptors (Lipinski definition) is 6. The largest absolute Gasteiger partial charge is 0.462 e. The number of carbonyl (C=O) groups excluding carboxylic acids is 3. The van der Waals surface area contributed by atoms with Crippen LogP contribution >= 0.6 is 0 Å². The normalized spacial score (nSPS) is 12.9. The molecule has 6 nitrogen and oxygen atoms in total. The zero-order valence-corrected chi connectivity index (χ0v) is 45.5. The number of allylic oxidation sites excluding steroid dienone is 18. The summed E-state index contributed by atoms with van der Waals surface area (Å²) in [5.41, 5.74) is 0. The molecule has 70 heavy (non-hydrogen) atoms. The lowest BCUT2D eigenvalue weighted by Crippen LogP contribution is -2.30. The maximum absolute atomic E-state index is 12.8. The molecule has 0 heterocycles. The maximum Gasteiger partial charge on any atom is 0.306 e.